The lowest BCUT2D eigenvalue weighted by Gasteiger charge is -2.57. The molecule has 3 rings (SSSR count). The molecule has 2 fully saturated rings. The molecule has 2 N–H and O–H groups in total. The van der Waals surface area contributed by atoms with E-state index in [2.05, 4.69) is 47.7 Å². The van der Waals surface area contributed by atoms with E-state index in [1.165, 1.54) is 12.7 Å². The van der Waals surface area contributed by atoms with Gasteiger partial charge in [0.1, 0.15) is 17.2 Å². The van der Waals surface area contributed by atoms with Gasteiger partial charge < -0.3 is 15.5 Å². The molecule has 0 radical (unpaired) electrons. The molecule has 0 spiro atoms. The number of nitrogen functional groups attached to an aromatic ring is 1. The standard InChI is InChI=1S/C15H24ClN5/c1-14(2)6-15(7-20(3)4)8-21(5-10(14)15)13-11(16)12(17)18-9-19-13/h9-10H,5-8H2,1-4H3,(H2,17,18,19)/t10-,15+/m1/s1. The zero-order valence-electron chi connectivity index (χ0n) is 13.2. The molecule has 1 aliphatic heterocycles. The molecule has 21 heavy (non-hydrogen) atoms. The van der Waals surface area contributed by atoms with Gasteiger partial charge in [0.2, 0.25) is 0 Å². The van der Waals surface area contributed by atoms with Crippen molar-refractivity contribution >= 4 is 23.2 Å². The Kier molecular flexibility index (Phi) is 3.33. The first-order valence-electron chi connectivity index (χ1n) is 7.41. The highest BCUT2D eigenvalue weighted by Crippen LogP contribution is 2.63. The molecule has 0 aromatic carbocycles. The molecule has 6 heteroatoms. The molecule has 1 saturated carbocycles. The molecule has 0 bridgehead atoms. The average molecular weight is 310 g/mol. The highest BCUT2D eigenvalue weighted by molar-refractivity contribution is 6.35. The first-order valence-corrected chi connectivity index (χ1v) is 7.79. The van der Waals surface area contributed by atoms with Crippen LogP contribution in [0, 0.1) is 16.7 Å². The SMILES string of the molecule is CN(C)C[C@@]12CN(c3ncnc(N)c3Cl)C[C@@H]1C(C)(C)C2. The van der Waals surface area contributed by atoms with Crippen molar-refractivity contribution < 1.29 is 0 Å². The van der Waals surface area contributed by atoms with E-state index < -0.39 is 0 Å². The molecule has 1 aromatic heterocycles. The van der Waals surface area contributed by atoms with Gasteiger partial charge in [-0.2, -0.15) is 0 Å². The zero-order chi connectivity index (χ0) is 15.4. The minimum Gasteiger partial charge on any atom is -0.382 e. The van der Waals surface area contributed by atoms with Gasteiger partial charge >= 0.3 is 0 Å². The van der Waals surface area contributed by atoms with E-state index in [4.69, 9.17) is 17.3 Å². The van der Waals surface area contributed by atoms with Crippen molar-refractivity contribution in [2.75, 3.05) is 44.4 Å². The molecule has 116 valence electrons. The Labute approximate surface area is 131 Å². The van der Waals surface area contributed by atoms with Crippen molar-refractivity contribution in [3.8, 4) is 0 Å². The largest absolute Gasteiger partial charge is 0.382 e. The Bertz CT molecular complexity index is 555. The maximum absolute atomic E-state index is 6.31. The fourth-order valence-electron chi connectivity index (χ4n) is 4.72. The molecule has 1 saturated heterocycles. The van der Waals surface area contributed by atoms with E-state index >= 15 is 0 Å². The van der Waals surface area contributed by atoms with Gasteiger partial charge in [0.05, 0.1) is 0 Å². The van der Waals surface area contributed by atoms with E-state index in [1.807, 2.05) is 0 Å². The topological polar surface area (TPSA) is 58.3 Å². The highest BCUT2D eigenvalue weighted by Gasteiger charge is 2.62. The van der Waals surface area contributed by atoms with Crippen LogP contribution in [0.3, 0.4) is 0 Å². The Balaban J connectivity index is 1.90. The minimum absolute atomic E-state index is 0.343. The van der Waals surface area contributed by atoms with Crippen LogP contribution in [0.1, 0.15) is 20.3 Å². The van der Waals surface area contributed by atoms with Crippen LogP contribution < -0.4 is 10.6 Å². The van der Waals surface area contributed by atoms with Crippen LogP contribution in [0.4, 0.5) is 11.6 Å². The van der Waals surface area contributed by atoms with Gasteiger partial charge in [-0.3, -0.25) is 0 Å². The third-order valence-electron chi connectivity index (χ3n) is 5.13. The Hall–Kier alpha value is -1.07. The number of rotatable bonds is 3. The molecule has 0 amide bonds. The van der Waals surface area contributed by atoms with E-state index in [0.717, 1.165) is 25.5 Å². The quantitative estimate of drug-likeness (QED) is 0.927. The number of hydrogen-bond donors (Lipinski definition) is 1. The van der Waals surface area contributed by atoms with Gasteiger partial charge in [-0.1, -0.05) is 25.4 Å². The Morgan fingerprint density at radius 1 is 1.43 bits per heavy atom. The number of hydrogen-bond acceptors (Lipinski definition) is 5. The maximum atomic E-state index is 6.31. The number of nitrogens with two attached hydrogens (primary N) is 1. The van der Waals surface area contributed by atoms with Crippen LogP contribution in [-0.2, 0) is 0 Å². The lowest BCUT2D eigenvalue weighted by molar-refractivity contribution is -0.0787. The fourth-order valence-corrected chi connectivity index (χ4v) is 4.94. The van der Waals surface area contributed by atoms with Gasteiger partial charge in [0, 0.05) is 25.0 Å². The molecule has 2 heterocycles. The summed E-state index contributed by atoms with van der Waals surface area (Å²) in [7, 11) is 4.30. The van der Waals surface area contributed by atoms with Crippen molar-refractivity contribution in [2.24, 2.45) is 16.7 Å². The summed E-state index contributed by atoms with van der Waals surface area (Å²) in [5.74, 6) is 1.81. The molecule has 0 unspecified atom stereocenters. The first-order chi connectivity index (χ1) is 9.75. The van der Waals surface area contributed by atoms with Crippen molar-refractivity contribution in [3.63, 3.8) is 0 Å². The first kappa shape index (κ1) is 14.9. The molecule has 1 aromatic rings. The minimum atomic E-state index is 0.343. The van der Waals surface area contributed by atoms with Crippen molar-refractivity contribution in [3.05, 3.63) is 11.3 Å². The second-order valence-electron chi connectivity index (χ2n) is 7.60. The van der Waals surface area contributed by atoms with Crippen LogP contribution in [0.15, 0.2) is 6.33 Å². The Morgan fingerprint density at radius 2 is 2.14 bits per heavy atom. The molecule has 5 nitrogen and oxygen atoms in total. The van der Waals surface area contributed by atoms with E-state index in [-0.39, 0.29) is 0 Å². The monoisotopic (exact) mass is 309 g/mol. The van der Waals surface area contributed by atoms with Crippen LogP contribution >= 0.6 is 11.6 Å². The summed E-state index contributed by atoms with van der Waals surface area (Å²) in [6.07, 6.45) is 2.75. The number of anilines is 2. The van der Waals surface area contributed by atoms with E-state index in [1.54, 1.807) is 0 Å². The lowest BCUT2D eigenvalue weighted by atomic mass is 9.48. The third kappa shape index (κ3) is 2.27. The van der Waals surface area contributed by atoms with Gasteiger partial charge in [0.25, 0.3) is 0 Å². The summed E-state index contributed by atoms with van der Waals surface area (Å²) in [5, 5.41) is 0.483. The molecule has 1 aliphatic carbocycles. The van der Waals surface area contributed by atoms with Crippen molar-refractivity contribution in [1.29, 1.82) is 0 Å². The van der Waals surface area contributed by atoms with Gasteiger partial charge in [-0.25, -0.2) is 9.97 Å². The second-order valence-corrected chi connectivity index (χ2v) is 7.97. The average Bonchev–Trinajstić information content (AvgIpc) is 2.66. The second kappa shape index (κ2) is 4.71. The zero-order valence-corrected chi connectivity index (χ0v) is 14.0. The summed E-state index contributed by atoms with van der Waals surface area (Å²) in [6, 6.07) is 0. The van der Waals surface area contributed by atoms with Crippen LogP contribution in [0.2, 0.25) is 5.02 Å². The number of halogens is 1. The summed E-state index contributed by atoms with van der Waals surface area (Å²) < 4.78 is 0. The van der Waals surface area contributed by atoms with Gasteiger partial charge in [-0.05, 0) is 31.8 Å². The lowest BCUT2D eigenvalue weighted by Crippen LogP contribution is -2.57. The predicted molar refractivity (Wildman–Crippen MR) is 86.5 cm³/mol. The fraction of sp³-hybridized carbons (Fsp3) is 0.733. The van der Waals surface area contributed by atoms with Crippen LogP contribution in [0.25, 0.3) is 0 Å². The van der Waals surface area contributed by atoms with Crippen molar-refractivity contribution in [2.45, 2.75) is 20.3 Å². The van der Waals surface area contributed by atoms with E-state index in [9.17, 15) is 0 Å². The summed E-state index contributed by atoms with van der Waals surface area (Å²) in [4.78, 5) is 12.9. The summed E-state index contributed by atoms with van der Waals surface area (Å²) >= 11 is 6.31. The van der Waals surface area contributed by atoms with E-state index in [0.29, 0.717) is 27.6 Å². The number of aromatic nitrogens is 2. The Morgan fingerprint density at radius 3 is 2.76 bits per heavy atom. The number of nitrogens with zero attached hydrogens (tertiary/aromatic N) is 4. The van der Waals surface area contributed by atoms with Crippen molar-refractivity contribution in [1.82, 2.24) is 14.9 Å². The molecular formula is C15H24ClN5. The highest BCUT2D eigenvalue weighted by atomic mass is 35.5. The smallest absolute Gasteiger partial charge is 0.153 e. The summed E-state index contributed by atoms with van der Waals surface area (Å²) in [6.45, 7) is 7.83. The van der Waals surface area contributed by atoms with Crippen LogP contribution in [-0.4, -0.2) is 48.6 Å². The van der Waals surface area contributed by atoms with Gasteiger partial charge in [0.15, 0.2) is 5.82 Å². The van der Waals surface area contributed by atoms with Gasteiger partial charge in [-0.15, -0.1) is 0 Å². The summed E-state index contributed by atoms with van der Waals surface area (Å²) in [5.41, 5.74) is 6.55. The number of fused-ring (bicyclic) bond motifs is 1. The van der Waals surface area contributed by atoms with Crippen LogP contribution in [0.5, 0.6) is 0 Å². The molecular weight excluding hydrogens is 286 g/mol. The maximum Gasteiger partial charge on any atom is 0.153 e. The molecule has 2 atom stereocenters. The predicted octanol–water partition coefficient (Wildman–Crippen LogP) is 2.13. The normalized spacial score (nSPS) is 30.4. The molecule has 2 aliphatic rings. The third-order valence-corrected chi connectivity index (χ3v) is 5.49.